The second-order valence-corrected chi connectivity index (χ2v) is 5.41. The van der Waals surface area contributed by atoms with Crippen LogP contribution in [0.25, 0.3) is 0 Å². The molecular formula is C17H17ClN2O3. The van der Waals surface area contributed by atoms with Crippen molar-refractivity contribution in [3.05, 3.63) is 53.1 Å². The average molecular weight is 333 g/mol. The predicted molar refractivity (Wildman–Crippen MR) is 91.1 cm³/mol. The van der Waals surface area contributed by atoms with Gasteiger partial charge in [-0.05, 0) is 42.8 Å². The molecule has 0 aliphatic rings. The fourth-order valence-corrected chi connectivity index (χ4v) is 2.21. The van der Waals surface area contributed by atoms with Gasteiger partial charge in [0.2, 0.25) is 5.91 Å². The topological polar surface area (TPSA) is 67.4 Å². The minimum Gasteiger partial charge on any atom is -0.482 e. The molecule has 2 aromatic carbocycles. The van der Waals surface area contributed by atoms with Crippen molar-refractivity contribution in [3.8, 4) is 5.75 Å². The predicted octanol–water partition coefficient (Wildman–Crippen LogP) is 3.62. The van der Waals surface area contributed by atoms with Crippen LogP contribution in [0.5, 0.6) is 5.75 Å². The summed E-state index contributed by atoms with van der Waals surface area (Å²) in [6, 6.07) is 12.1. The fraction of sp³-hybridized carbons (Fsp3) is 0.176. The van der Waals surface area contributed by atoms with Gasteiger partial charge in [-0.2, -0.15) is 0 Å². The van der Waals surface area contributed by atoms with Crippen LogP contribution in [0, 0.1) is 6.92 Å². The molecule has 5 nitrogen and oxygen atoms in total. The Balaban J connectivity index is 1.98. The third-order valence-corrected chi connectivity index (χ3v) is 3.25. The number of para-hydroxylation sites is 2. The van der Waals surface area contributed by atoms with Crippen molar-refractivity contribution in [1.29, 1.82) is 0 Å². The van der Waals surface area contributed by atoms with Gasteiger partial charge < -0.3 is 15.4 Å². The van der Waals surface area contributed by atoms with Crippen LogP contribution in [0.2, 0.25) is 5.02 Å². The molecule has 0 bridgehead atoms. The van der Waals surface area contributed by atoms with E-state index in [0.29, 0.717) is 22.1 Å². The van der Waals surface area contributed by atoms with Gasteiger partial charge in [-0.1, -0.05) is 23.7 Å². The number of amides is 2. The number of rotatable bonds is 5. The van der Waals surface area contributed by atoms with Gasteiger partial charge in [0.05, 0.1) is 5.69 Å². The van der Waals surface area contributed by atoms with Gasteiger partial charge in [0, 0.05) is 17.6 Å². The number of nitrogens with one attached hydrogen (secondary N) is 2. The molecule has 0 unspecified atom stereocenters. The maximum absolute atomic E-state index is 12.0. The summed E-state index contributed by atoms with van der Waals surface area (Å²) < 4.78 is 5.48. The van der Waals surface area contributed by atoms with Crippen LogP contribution in [-0.2, 0) is 9.59 Å². The molecule has 0 spiro atoms. The molecule has 0 saturated carbocycles. The van der Waals surface area contributed by atoms with Crippen LogP contribution in [0.4, 0.5) is 11.4 Å². The van der Waals surface area contributed by atoms with Gasteiger partial charge in [-0.3, -0.25) is 9.59 Å². The lowest BCUT2D eigenvalue weighted by Gasteiger charge is -2.12. The van der Waals surface area contributed by atoms with E-state index >= 15 is 0 Å². The van der Waals surface area contributed by atoms with Gasteiger partial charge >= 0.3 is 0 Å². The number of carbonyl (C=O) groups is 2. The largest absolute Gasteiger partial charge is 0.482 e. The summed E-state index contributed by atoms with van der Waals surface area (Å²) in [6.45, 7) is 3.10. The summed E-state index contributed by atoms with van der Waals surface area (Å²) in [7, 11) is 0. The van der Waals surface area contributed by atoms with Crippen LogP contribution >= 0.6 is 11.6 Å². The van der Waals surface area contributed by atoms with Crippen molar-refractivity contribution >= 4 is 34.8 Å². The first-order chi connectivity index (χ1) is 11.0. The molecule has 0 heterocycles. The number of halogens is 1. The van der Waals surface area contributed by atoms with E-state index in [0.717, 1.165) is 5.56 Å². The normalized spacial score (nSPS) is 10.0. The molecule has 2 aromatic rings. The molecule has 0 aromatic heterocycles. The molecule has 0 fully saturated rings. The summed E-state index contributed by atoms with van der Waals surface area (Å²) in [5, 5.41) is 6.02. The molecule has 6 heteroatoms. The zero-order valence-electron chi connectivity index (χ0n) is 12.9. The SMILES string of the molecule is CC(=O)Nc1ccccc1OCC(=O)Nc1ccc(Cl)cc1C. The van der Waals surface area contributed by atoms with Crippen LogP contribution in [0.1, 0.15) is 12.5 Å². The minimum atomic E-state index is -0.298. The number of carbonyl (C=O) groups excluding carboxylic acids is 2. The Morgan fingerprint density at radius 2 is 1.83 bits per heavy atom. The third kappa shape index (κ3) is 5.00. The number of benzene rings is 2. The van der Waals surface area contributed by atoms with E-state index in [-0.39, 0.29) is 18.4 Å². The van der Waals surface area contributed by atoms with Crippen molar-refractivity contribution in [2.45, 2.75) is 13.8 Å². The molecule has 120 valence electrons. The number of ether oxygens (including phenoxy) is 1. The molecule has 0 radical (unpaired) electrons. The summed E-state index contributed by atoms with van der Waals surface area (Å²) >= 11 is 5.88. The third-order valence-electron chi connectivity index (χ3n) is 3.02. The van der Waals surface area contributed by atoms with E-state index in [9.17, 15) is 9.59 Å². The highest BCUT2D eigenvalue weighted by Crippen LogP contribution is 2.24. The van der Waals surface area contributed by atoms with E-state index in [1.54, 1.807) is 42.5 Å². The van der Waals surface area contributed by atoms with Crippen molar-refractivity contribution in [1.82, 2.24) is 0 Å². The first-order valence-electron chi connectivity index (χ1n) is 7.01. The number of aryl methyl sites for hydroxylation is 1. The lowest BCUT2D eigenvalue weighted by molar-refractivity contribution is -0.118. The second-order valence-electron chi connectivity index (χ2n) is 4.97. The summed E-state index contributed by atoms with van der Waals surface area (Å²) in [5.41, 5.74) is 2.07. The number of anilines is 2. The molecule has 2 amide bonds. The molecular weight excluding hydrogens is 316 g/mol. The zero-order valence-corrected chi connectivity index (χ0v) is 13.6. The van der Waals surface area contributed by atoms with Crippen molar-refractivity contribution in [2.24, 2.45) is 0 Å². The monoisotopic (exact) mass is 332 g/mol. The van der Waals surface area contributed by atoms with E-state index in [2.05, 4.69) is 10.6 Å². The zero-order chi connectivity index (χ0) is 16.8. The highest BCUT2D eigenvalue weighted by Gasteiger charge is 2.09. The summed E-state index contributed by atoms with van der Waals surface area (Å²) in [6.07, 6.45) is 0. The van der Waals surface area contributed by atoms with Crippen molar-refractivity contribution in [2.75, 3.05) is 17.2 Å². The highest BCUT2D eigenvalue weighted by molar-refractivity contribution is 6.30. The average Bonchev–Trinajstić information content (AvgIpc) is 2.49. The van der Waals surface area contributed by atoms with Crippen LogP contribution in [0.15, 0.2) is 42.5 Å². The molecule has 0 aliphatic carbocycles. The van der Waals surface area contributed by atoms with Crippen LogP contribution < -0.4 is 15.4 Å². The van der Waals surface area contributed by atoms with E-state index in [4.69, 9.17) is 16.3 Å². The molecule has 0 saturated heterocycles. The van der Waals surface area contributed by atoms with Crippen molar-refractivity contribution < 1.29 is 14.3 Å². The van der Waals surface area contributed by atoms with E-state index in [1.807, 2.05) is 6.92 Å². The van der Waals surface area contributed by atoms with Gasteiger partial charge in [-0.15, -0.1) is 0 Å². The summed E-state index contributed by atoms with van der Waals surface area (Å²) in [4.78, 5) is 23.2. The lowest BCUT2D eigenvalue weighted by Crippen LogP contribution is -2.21. The van der Waals surface area contributed by atoms with Crippen LogP contribution in [0.3, 0.4) is 0 Å². The summed E-state index contributed by atoms with van der Waals surface area (Å²) in [5.74, 6) is -0.0685. The standard InChI is InChI=1S/C17H17ClN2O3/c1-11-9-13(18)7-8-14(11)20-17(22)10-23-16-6-4-3-5-15(16)19-12(2)21/h3-9H,10H2,1-2H3,(H,19,21)(H,20,22). The lowest BCUT2D eigenvalue weighted by atomic mass is 10.2. The number of hydrogen-bond acceptors (Lipinski definition) is 3. The Kier molecular flexibility index (Phi) is 5.60. The Labute approximate surface area is 139 Å². The second kappa shape index (κ2) is 7.65. The van der Waals surface area contributed by atoms with Gasteiger partial charge in [0.1, 0.15) is 5.75 Å². The van der Waals surface area contributed by atoms with Crippen molar-refractivity contribution in [3.63, 3.8) is 0 Å². The first-order valence-corrected chi connectivity index (χ1v) is 7.39. The fourth-order valence-electron chi connectivity index (χ4n) is 1.98. The first kappa shape index (κ1) is 16.8. The molecule has 2 N–H and O–H groups in total. The van der Waals surface area contributed by atoms with E-state index in [1.165, 1.54) is 6.92 Å². The minimum absolute atomic E-state index is 0.168. The molecule has 23 heavy (non-hydrogen) atoms. The molecule has 0 atom stereocenters. The smallest absolute Gasteiger partial charge is 0.262 e. The quantitative estimate of drug-likeness (QED) is 0.878. The maximum Gasteiger partial charge on any atom is 0.262 e. The number of hydrogen-bond donors (Lipinski definition) is 2. The van der Waals surface area contributed by atoms with Gasteiger partial charge in [0.25, 0.3) is 5.91 Å². The van der Waals surface area contributed by atoms with Crippen LogP contribution in [-0.4, -0.2) is 18.4 Å². The Bertz CT molecular complexity index is 732. The Morgan fingerprint density at radius 1 is 1.09 bits per heavy atom. The molecule has 2 rings (SSSR count). The Hall–Kier alpha value is -2.53. The molecule has 0 aliphatic heterocycles. The van der Waals surface area contributed by atoms with Gasteiger partial charge in [0.15, 0.2) is 6.61 Å². The highest BCUT2D eigenvalue weighted by atomic mass is 35.5. The maximum atomic E-state index is 12.0. The Morgan fingerprint density at radius 3 is 2.52 bits per heavy atom. The van der Waals surface area contributed by atoms with E-state index < -0.39 is 0 Å². The van der Waals surface area contributed by atoms with Gasteiger partial charge in [-0.25, -0.2) is 0 Å².